The van der Waals surface area contributed by atoms with Gasteiger partial charge in [-0.05, 0) is 31.2 Å². The third-order valence-electron chi connectivity index (χ3n) is 5.00. The number of rotatable bonds is 7. The molecule has 0 spiro atoms. The van der Waals surface area contributed by atoms with Crippen LogP contribution in [0.4, 0.5) is 0 Å². The zero-order chi connectivity index (χ0) is 18.7. The molecule has 1 aromatic heterocycles. The van der Waals surface area contributed by atoms with Crippen molar-refractivity contribution in [2.45, 2.75) is 6.42 Å². The first-order chi connectivity index (χ1) is 12.5. The van der Waals surface area contributed by atoms with E-state index >= 15 is 0 Å². The molecule has 1 aromatic carbocycles. The van der Waals surface area contributed by atoms with E-state index in [0.717, 1.165) is 17.6 Å². The molecule has 142 valence electrons. The summed E-state index contributed by atoms with van der Waals surface area (Å²) >= 11 is 5.98. The summed E-state index contributed by atoms with van der Waals surface area (Å²) in [5, 5.41) is 19.3. The number of benzene rings is 1. The van der Waals surface area contributed by atoms with E-state index in [9.17, 15) is 9.90 Å². The predicted octanol–water partition coefficient (Wildman–Crippen LogP) is 0.750. The Labute approximate surface area is 157 Å². The van der Waals surface area contributed by atoms with Crippen LogP contribution in [-0.2, 0) is 11.2 Å². The number of carbonyl (C=O) groups excluding carboxylic acids is 1. The summed E-state index contributed by atoms with van der Waals surface area (Å²) in [6.07, 6.45) is 0.198. The van der Waals surface area contributed by atoms with Gasteiger partial charge in [-0.25, -0.2) is 4.98 Å². The lowest BCUT2D eigenvalue weighted by Gasteiger charge is -2.23. The van der Waals surface area contributed by atoms with Gasteiger partial charge in [0.05, 0.1) is 24.1 Å². The minimum atomic E-state index is 0.000847. The number of amides is 1. The molecule has 0 unspecified atom stereocenters. The second-order valence-corrected chi connectivity index (χ2v) is 7.45. The Morgan fingerprint density at radius 3 is 2.88 bits per heavy atom. The minimum Gasteiger partial charge on any atom is -0.396 e. The maximum Gasteiger partial charge on any atom is 0.230 e. The minimum absolute atomic E-state index is 0.000847. The molecule has 1 fully saturated rings. The maximum atomic E-state index is 12.7. The largest absolute Gasteiger partial charge is 0.396 e. The van der Waals surface area contributed by atoms with Gasteiger partial charge < -0.3 is 25.0 Å². The molecular formula is C18H25ClN4O3. The monoisotopic (exact) mass is 380 g/mol. The highest BCUT2D eigenvalue weighted by molar-refractivity contribution is 6.31. The zero-order valence-electron chi connectivity index (χ0n) is 14.9. The topological polar surface area (TPSA) is 92.7 Å². The molecule has 26 heavy (non-hydrogen) atoms. The number of aromatic amines is 1. The van der Waals surface area contributed by atoms with Crippen LogP contribution in [0.5, 0.6) is 0 Å². The van der Waals surface area contributed by atoms with E-state index in [-0.39, 0.29) is 37.4 Å². The lowest BCUT2D eigenvalue weighted by Crippen LogP contribution is -2.34. The Morgan fingerprint density at radius 2 is 2.15 bits per heavy atom. The zero-order valence-corrected chi connectivity index (χ0v) is 15.6. The number of hydrogen-bond acceptors (Lipinski definition) is 5. The molecule has 0 bridgehead atoms. The molecule has 8 heteroatoms. The van der Waals surface area contributed by atoms with Crippen molar-refractivity contribution >= 4 is 28.5 Å². The second kappa shape index (κ2) is 8.35. The average Bonchev–Trinajstić information content (AvgIpc) is 3.17. The van der Waals surface area contributed by atoms with E-state index in [2.05, 4.69) is 9.97 Å². The fourth-order valence-electron chi connectivity index (χ4n) is 3.59. The predicted molar refractivity (Wildman–Crippen MR) is 100 cm³/mol. The smallest absolute Gasteiger partial charge is 0.230 e. The molecule has 3 rings (SSSR count). The van der Waals surface area contributed by atoms with Gasteiger partial charge in [-0.3, -0.25) is 4.79 Å². The molecule has 0 saturated carbocycles. The van der Waals surface area contributed by atoms with Crippen molar-refractivity contribution in [3.63, 3.8) is 0 Å². The van der Waals surface area contributed by atoms with E-state index in [0.29, 0.717) is 30.5 Å². The third kappa shape index (κ3) is 4.35. The van der Waals surface area contributed by atoms with Crippen molar-refractivity contribution in [2.75, 3.05) is 46.4 Å². The standard InChI is InChI=1S/C18H25ClN4O3/c1-22(4-5-24)8-12-9-23(10-13(12)11-25)18(26)7-17-20-15-3-2-14(19)6-16(15)21-17/h2-3,6,12-13,24-25H,4-5,7-11H2,1H3,(H,20,21)/t12-,13-/m1/s1. The summed E-state index contributed by atoms with van der Waals surface area (Å²) in [6, 6.07) is 5.39. The summed E-state index contributed by atoms with van der Waals surface area (Å²) in [5.41, 5.74) is 1.61. The number of carbonyl (C=O) groups is 1. The first kappa shape index (κ1) is 19.1. The van der Waals surface area contributed by atoms with Crippen LogP contribution in [0.15, 0.2) is 18.2 Å². The van der Waals surface area contributed by atoms with E-state index in [1.807, 2.05) is 18.0 Å². The molecule has 0 aliphatic carbocycles. The Balaban J connectivity index is 1.63. The molecule has 1 saturated heterocycles. The van der Waals surface area contributed by atoms with Gasteiger partial charge in [0.1, 0.15) is 5.82 Å². The Bertz CT molecular complexity index is 766. The molecule has 1 aliphatic heterocycles. The molecule has 2 heterocycles. The Morgan fingerprint density at radius 1 is 1.38 bits per heavy atom. The summed E-state index contributed by atoms with van der Waals surface area (Å²) in [5.74, 6) is 0.888. The number of nitrogens with zero attached hydrogens (tertiary/aromatic N) is 3. The fourth-order valence-corrected chi connectivity index (χ4v) is 3.76. The van der Waals surface area contributed by atoms with Crippen molar-refractivity contribution in [1.29, 1.82) is 0 Å². The number of H-pyrrole nitrogens is 1. The number of nitrogens with one attached hydrogen (secondary N) is 1. The summed E-state index contributed by atoms with van der Waals surface area (Å²) in [4.78, 5) is 24.1. The highest BCUT2D eigenvalue weighted by Crippen LogP contribution is 2.25. The van der Waals surface area contributed by atoms with Gasteiger partial charge >= 0.3 is 0 Å². The number of halogens is 1. The Kier molecular flexibility index (Phi) is 6.13. The molecule has 1 amide bonds. The van der Waals surface area contributed by atoms with Crippen molar-refractivity contribution in [1.82, 2.24) is 19.8 Å². The molecular weight excluding hydrogens is 356 g/mol. The molecule has 7 nitrogen and oxygen atoms in total. The van der Waals surface area contributed by atoms with E-state index in [4.69, 9.17) is 16.7 Å². The quantitative estimate of drug-likeness (QED) is 0.659. The number of aliphatic hydroxyl groups excluding tert-OH is 2. The number of aliphatic hydroxyl groups is 2. The average molecular weight is 381 g/mol. The highest BCUT2D eigenvalue weighted by atomic mass is 35.5. The van der Waals surface area contributed by atoms with Crippen LogP contribution in [0.1, 0.15) is 5.82 Å². The number of likely N-dealkylation sites (N-methyl/N-ethyl adjacent to an activating group) is 1. The van der Waals surface area contributed by atoms with Crippen LogP contribution < -0.4 is 0 Å². The number of fused-ring (bicyclic) bond motifs is 1. The van der Waals surface area contributed by atoms with E-state index in [1.165, 1.54) is 0 Å². The Hall–Kier alpha value is -1.67. The number of likely N-dealkylation sites (tertiary alicyclic amines) is 1. The van der Waals surface area contributed by atoms with Gasteiger partial charge in [-0.2, -0.15) is 0 Å². The van der Waals surface area contributed by atoms with Crippen LogP contribution in [0.25, 0.3) is 11.0 Å². The first-order valence-corrected chi connectivity index (χ1v) is 9.20. The van der Waals surface area contributed by atoms with Gasteiger partial charge in [-0.1, -0.05) is 11.6 Å². The molecule has 1 aliphatic rings. The molecule has 2 atom stereocenters. The van der Waals surface area contributed by atoms with E-state index < -0.39 is 0 Å². The fraction of sp³-hybridized carbons (Fsp3) is 0.556. The number of hydrogen-bond donors (Lipinski definition) is 3. The summed E-state index contributed by atoms with van der Waals surface area (Å²) in [6.45, 7) is 2.67. The highest BCUT2D eigenvalue weighted by Gasteiger charge is 2.35. The molecule has 2 aromatic rings. The van der Waals surface area contributed by atoms with Gasteiger partial charge in [0.25, 0.3) is 0 Å². The first-order valence-electron chi connectivity index (χ1n) is 8.82. The van der Waals surface area contributed by atoms with Gasteiger partial charge in [-0.15, -0.1) is 0 Å². The van der Waals surface area contributed by atoms with Gasteiger partial charge in [0.2, 0.25) is 5.91 Å². The van der Waals surface area contributed by atoms with Crippen LogP contribution >= 0.6 is 11.6 Å². The number of aromatic nitrogens is 2. The second-order valence-electron chi connectivity index (χ2n) is 7.01. The van der Waals surface area contributed by atoms with Crippen molar-refractivity contribution < 1.29 is 15.0 Å². The van der Waals surface area contributed by atoms with Crippen LogP contribution in [-0.4, -0.2) is 82.3 Å². The normalized spacial score (nSPS) is 20.4. The maximum absolute atomic E-state index is 12.7. The lowest BCUT2D eigenvalue weighted by atomic mass is 9.96. The SMILES string of the molecule is CN(CCO)C[C@@H]1CN(C(=O)Cc2nc3ccc(Cl)cc3[nH]2)C[C@@H]1CO. The van der Waals surface area contributed by atoms with Crippen LogP contribution in [0.3, 0.4) is 0 Å². The lowest BCUT2D eigenvalue weighted by molar-refractivity contribution is -0.129. The van der Waals surface area contributed by atoms with Crippen molar-refractivity contribution in [3.8, 4) is 0 Å². The third-order valence-corrected chi connectivity index (χ3v) is 5.24. The van der Waals surface area contributed by atoms with Gasteiger partial charge in [0.15, 0.2) is 0 Å². The summed E-state index contributed by atoms with van der Waals surface area (Å²) < 4.78 is 0. The van der Waals surface area contributed by atoms with E-state index in [1.54, 1.807) is 17.0 Å². The number of imidazole rings is 1. The molecule has 0 radical (unpaired) electrons. The van der Waals surface area contributed by atoms with Crippen LogP contribution in [0, 0.1) is 11.8 Å². The van der Waals surface area contributed by atoms with Gasteiger partial charge in [0, 0.05) is 43.7 Å². The summed E-state index contributed by atoms with van der Waals surface area (Å²) in [7, 11) is 1.94. The van der Waals surface area contributed by atoms with Crippen LogP contribution in [0.2, 0.25) is 5.02 Å². The van der Waals surface area contributed by atoms with Crippen molar-refractivity contribution in [3.05, 3.63) is 29.0 Å². The molecule has 3 N–H and O–H groups in total. The van der Waals surface area contributed by atoms with Crippen molar-refractivity contribution in [2.24, 2.45) is 11.8 Å².